The maximum atomic E-state index is 15.4. The second-order valence-corrected chi connectivity index (χ2v) is 8.67. The maximum absolute atomic E-state index is 15.4. The Hall–Kier alpha value is -4.78. The zero-order valence-corrected chi connectivity index (χ0v) is 20.1. The number of hydrogen-bond donors (Lipinski definition) is 1. The molecule has 0 unspecified atom stereocenters. The molecule has 3 heterocycles. The van der Waals surface area contributed by atoms with E-state index >= 15 is 4.39 Å². The molecule has 2 aromatic carbocycles. The standard InChI is InChI=1S/C27H24FN7O2/c1-2-17(14-29)27(36)34-12-6-7-18(15-34)35-26-23(25(30)31-16-32-26)24(33-35)21-11-10-20(13-22(21)28)37-19-8-4-3-5-9-19/h2-5,8-11,13,16,18H,6-7,12,15H2,1H3,(H2,30,31,32)/b17-2+/t18-/m1/s1. The molecule has 0 saturated carbocycles. The van der Waals surface area contributed by atoms with Crippen LogP contribution in [0.4, 0.5) is 10.2 Å². The van der Waals surface area contributed by atoms with Gasteiger partial charge in [-0.05, 0) is 44.0 Å². The smallest absolute Gasteiger partial charge is 0.264 e. The minimum atomic E-state index is -0.532. The van der Waals surface area contributed by atoms with Crippen molar-refractivity contribution in [3.63, 3.8) is 0 Å². The molecular formula is C27H24FN7O2. The minimum Gasteiger partial charge on any atom is -0.457 e. The summed E-state index contributed by atoms with van der Waals surface area (Å²) in [5, 5.41) is 14.5. The van der Waals surface area contributed by atoms with E-state index in [2.05, 4.69) is 9.97 Å². The number of nitrogens with zero attached hydrogens (tertiary/aromatic N) is 6. The molecular weight excluding hydrogens is 473 g/mol. The normalized spacial score (nSPS) is 16.0. The van der Waals surface area contributed by atoms with Crippen molar-refractivity contribution in [2.45, 2.75) is 25.8 Å². The lowest BCUT2D eigenvalue weighted by molar-refractivity contribution is -0.128. The predicted molar refractivity (Wildman–Crippen MR) is 136 cm³/mol. The Kier molecular flexibility index (Phi) is 6.51. The summed E-state index contributed by atoms with van der Waals surface area (Å²) in [6.07, 6.45) is 4.30. The van der Waals surface area contributed by atoms with Crippen LogP contribution in [0.5, 0.6) is 11.5 Å². The van der Waals surface area contributed by atoms with Crippen LogP contribution >= 0.6 is 0 Å². The van der Waals surface area contributed by atoms with Crippen molar-refractivity contribution >= 4 is 22.8 Å². The maximum Gasteiger partial charge on any atom is 0.264 e. The largest absolute Gasteiger partial charge is 0.457 e. The number of nitrogens with two attached hydrogens (primary N) is 1. The van der Waals surface area contributed by atoms with Gasteiger partial charge in [0.25, 0.3) is 5.91 Å². The Morgan fingerprint density at radius 2 is 2.03 bits per heavy atom. The van der Waals surface area contributed by atoms with Gasteiger partial charge in [-0.3, -0.25) is 4.79 Å². The second kappa shape index (κ2) is 10.1. The highest BCUT2D eigenvalue weighted by Gasteiger charge is 2.30. The zero-order chi connectivity index (χ0) is 25.9. The third kappa shape index (κ3) is 4.59. The predicted octanol–water partition coefficient (Wildman–Crippen LogP) is 4.64. The van der Waals surface area contributed by atoms with E-state index in [4.69, 9.17) is 15.6 Å². The fourth-order valence-electron chi connectivity index (χ4n) is 4.56. The number of para-hydroxylation sites is 1. The lowest BCUT2D eigenvalue weighted by atomic mass is 10.0. The van der Waals surface area contributed by atoms with E-state index < -0.39 is 5.82 Å². The first-order valence-corrected chi connectivity index (χ1v) is 11.9. The summed E-state index contributed by atoms with van der Waals surface area (Å²) < 4.78 is 22.8. The Balaban J connectivity index is 1.52. The third-order valence-electron chi connectivity index (χ3n) is 6.36. The minimum absolute atomic E-state index is 0.0955. The average molecular weight is 498 g/mol. The Morgan fingerprint density at radius 1 is 1.22 bits per heavy atom. The molecule has 1 fully saturated rings. The summed E-state index contributed by atoms with van der Waals surface area (Å²) in [5.41, 5.74) is 7.31. The molecule has 0 bridgehead atoms. The van der Waals surface area contributed by atoms with Gasteiger partial charge in [0, 0.05) is 24.7 Å². The topological polar surface area (TPSA) is 123 Å². The fourth-order valence-corrected chi connectivity index (χ4v) is 4.56. The van der Waals surface area contributed by atoms with Gasteiger partial charge in [-0.1, -0.05) is 24.3 Å². The number of anilines is 1. The van der Waals surface area contributed by atoms with Crippen LogP contribution in [0.25, 0.3) is 22.3 Å². The number of halogens is 1. The summed E-state index contributed by atoms with van der Waals surface area (Å²) in [5.74, 6) is 0.269. The first kappa shape index (κ1) is 23.9. The van der Waals surface area contributed by atoms with E-state index in [1.165, 1.54) is 18.5 Å². The molecule has 1 saturated heterocycles. The van der Waals surface area contributed by atoms with E-state index in [9.17, 15) is 10.1 Å². The monoisotopic (exact) mass is 497 g/mol. The van der Waals surface area contributed by atoms with Crippen LogP contribution in [0.3, 0.4) is 0 Å². The van der Waals surface area contributed by atoms with E-state index in [0.29, 0.717) is 41.3 Å². The number of piperidine rings is 1. The number of benzene rings is 2. The molecule has 2 aromatic heterocycles. The van der Waals surface area contributed by atoms with Crippen LogP contribution in [0.1, 0.15) is 25.8 Å². The molecule has 2 N–H and O–H groups in total. The molecule has 1 amide bonds. The Labute approximate surface area is 212 Å². The number of carbonyl (C=O) groups excluding carboxylic acids is 1. The van der Waals surface area contributed by atoms with Crippen molar-refractivity contribution in [2.75, 3.05) is 18.8 Å². The van der Waals surface area contributed by atoms with E-state index in [-0.39, 0.29) is 28.9 Å². The number of allylic oxidation sites excluding steroid dienone is 1. The number of likely N-dealkylation sites (tertiary alicyclic amines) is 1. The number of fused-ring (bicyclic) bond motifs is 1. The van der Waals surface area contributed by atoms with Crippen LogP contribution in [-0.2, 0) is 4.79 Å². The molecule has 186 valence electrons. The number of ether oxygens (including phenoxy) is 1. The Bertz CT molecular complexity index is 1540. The van der Waals surface area contributed by atoms with Crippen LogP contribution in [0, 0.1) is 17.1 Å². The first-order valence-electron chi connectivity index (χ1n) is 11.9. The fraction of sp³-hybridized carbons (Fsp3) is 0.222. The first-order chi connectivity index (χ1) is 18.0. The van der Waals surface area contributed by atoms with Gasteiger partial charge in [-0.2, -0.15) is 10.4 Å². The zero-order valence-electron chi connectivity index (χ0n) is 20.1. The lowest BCUT2D eigenvalue weighted by Gasteiger charge is -2.32. The van der Waals surface area contributed by atoms with E-state index in [1.807, 2.05) is 24.3 Å². The number of amides is 1. The number of hydrogen-bond acceptors (Lipinski definition) is 7. The van der Waals surface area contributed by atoms with Gasteiger partial charge in [-0.25, -0.2) is 19.0 Å². The molecule has 37 heavy (non-hydrogen) atoms. The van der Waals surface area contributed by atoms with Gasteiger partial charge in [0.1, 0.15) is 46.8 Å². The van der Waals surface area contributed by atoms with Crippen molar-refractivity contribution in [1.29, 1.82) is 5.26 Å². The molecule has 1 aliphatic rings. The SMILES string of the molecule is C/C=C(\C#N)C(=O)N1CCC[C@@H](n2nc(-c3ccc(Oc4ccccc4)cc3F)c3c(N)ncnc32)C1. The molecule has 0 spiro atoms. The van der Waals surface area contributed by atoms with Gasteiger partial charge in [0.15, 0.2) is 5.65 Å². The van der Waals surface area contributed by atoms with Crippen molar-refractivity contribution in [1.82, 2.24) is 24.6 Å². The molecule has 0 radical (unpaired) electrons. The molecule has 9 nitrogen and oxygen atoms in total. The Morgan fingerprint density at radius 3 is 2.76 bits per heavy atom. The summed E-state index contributed by atoms with van der Waals surface area (Å²) >= 11 is 0. The number of nitriles is 1. The molecule has 10 heteroatoms. The highest BCUT2D eigenvalue weighted by molar-refractivity contribution is 5.99. The molecule has 0 aliphatic carbocycles. The molecule has 5 rings (SSSR count). The van der Waals surface area contributed by atoms with Crippen LogP contribution in [0.15, 0.2) is 66.5 Å². The van der Waals surface area contributed by atoms with Crippen molar-refractivity contribution in [2.24, 2.45) is 0 Å². The summed E-state index contributed by atoms with van der Waals surface area (Å²) in [6.45, 7) is 2.54. The van der Waals surface area contributed by atoms with Gasteiger partial charge >= 0.3 is 0 Å². The average Bonchev–Trinajstić information content (AvgIpc) is 3.31. The van der Waals surface area contributed by atoms with Crippen molar-refractivity contribution < 1.29 is 13.9 Å². The van der Waals surface area contributed by atoms with Crippen molar-refractivity contribution in [3.05, 3.63) is 72.3 Å². The lowest BCUT2D eigenvalue weighted by Crippen LogP contribution is -2.41. The number of carbonyl (C=O) groups is 1. The summed E-state index contributed by atoms with van der Waals surface area (Å²) in [7, 11) is 0. The summed E-state index contributed by atoms with van der Waals surface area (Å²) in [4.78, 5) is 22.9. The van der Waals surface area contributed by atoms with Crippen LogP contribution in [-0.4, -0.2) is 43.6 Å². The highest BCUT2D eigenvalue weighted by atomic mass is 19.1. The second-order valence-electron chi connectivity index (χ2n) is 8.67. The van der Waals surface area contributed by atoms with Gasteiger partial charge in [0.2, 0.25) is 0 Å². The number of rotatable bonds is 5. The molecule has 1 atom stereocenters. The molecule has 4 aromatic rings. The number of aromatic nitrogens is 4. The van der Waals surface area contributed by atoms with Gasteiger partial charge in [0.05, 0.1) is 11.4 Å². The number of nitrogen functional groups attached to an aromatic ring is 1. The van der Waals surface area contributed by atoms with Crippen LogP contribution < -0.4 is 10.5 Å². The quantitative estimate of drug-likeness (QED) is 0.315. The van der Waals surface area contributed by atoms with Gasteiger partial charge < -0.3 is 15.4 Å². The molecule has 1 aliphatic heterocycles. The highest BCUT2D eigenvalue weighted by Crippen LogP contribution is 2.36. The van der Waals surface area contributed by atoms with Gasteiger partial charge in [-0.15, -0.1) is 0 Å². The van der Waals surface area contributed by atoms with Crippen LogP contribution in [0.2, 0.25) is 0 Å². The van der Waals surface area contributed by atoms with E-state index in [1.54, 1.807) is 40.8 Å². The summed E-state index contributed by atoms with van der Waals surface area (Å²) in [6, 6.07) is 15.4. The van der Waals surface area contributed by atoms with Crippen molar-refractivity contribution in [3.8, 4) is 28.8 Å². The van der Waals surface area contributed by atoms with E-state index in [0.717, 1.165) is 12.8 Å². The third-order valence-corrected chi connectivity index (χ3v) is 6.36.